The minimum absolute atomic E-state index is 0.0669. The van der Waals surface area contributed by atoms with Crippen molar-refractivity contribution >= 4 is 28.8 Å². The lowest BCUT2D eigenvalue weighted by molar-refractivity contribution is -0.385. The normalized spacial score (nSPS) is 11.0. The van der Waals surface area contributed by atoms with Crippen molar-refractivity contribution in [3.63, 3.8) is 0 Å². The van der Waals surface area contributed by atoms with Gasteiger partial charge in [0.25, 0.3) is 5.69 Å². The molecule has 0 bridgehead atoms. The summed E-state index contributed by atoms with van der Waals surface area (Å²) in [4.78, 5) is 29.8. The monoisotopic (exact) mass is 337 g/mol. The fraction of sp³-hybridized carbons (Fsp3) is 0.118. The van der Waals surface area contributed by atoms with E-state index in [-0.39, 0.29) is 18.0 Å². The molecular weight excluding hydrogens is 322 g/mol. The van der Waals surface area contributed by atoms with Crippen LogP contribution in [0, 0.1) is 10.1 Å². The number of aromatic amines is 1. The van der Waals surface area contributed by atoms with Crippen molar-refractivity contribution in [2.24, 2.45) is 5.10 Å². The molecule has 0 atom stereocenters. The Labute approximate surface area is 142 Å². The van der Waals surface area contributed by atoms with E-state index in [4.69, 9.17) is 0 Å². The first-order chi connectivity index (χ1) is 12.1. The van der Waals surface area contributed by atoms with Crippen molar-refractivity contribution < 1.29 is 9.72 Å². The summed E-state index contributed by atoms with van der Waals surface area (Å²) in [5.41, 5.74) is 4.40. The van der Waals surface area contributed by atoms with Gasteiger partial charge < -0.3 is 4.98 Å². The standard InChI is InChI=1S/C17H15N5O3/c23-17(10-9-16-19-13-6-2-3-7-14(13)20-16)21-18-11-12-5-1-4-8-15(12)22(24)25/h1-8,11H,9-10H2,(H,19,20)(H,21,23)/b18-11-. The molecule has 0 aliphatic carbocycles. The van der Waals surface area contributed by atoms with Gasteiger partial charge in [0.15, 0.2) is 0 Å². The number of benzene rings is 2. The summed E-state index contributed by atoms with van der Waals surface area (Å²) in [5.74, 6) is 0.425. The van der Waals surface area contributed by atoms with E-state index in [2.05, 4.69) is 20.5 Å². The second-order valence-corrected chi connectivity index (χ2v) is 5.31. The quantitative estimate of drug-likeness (QED) is 0.409. The maximum absolute atomic E-state index is 11.8. The molecule has 1 heterocycles. The molecule has 25 heavy (non-hydrogen) atoms. The molecule has 8 nitrogen and oxygen atoms in total. The van der Waals surface area contributed by atoms with Crippen LogP contribution in [-0.2, 0) is 11.2 Å². The maximum Gasteiger partial charge on any atom is 0.278 e. The molecule has 0 unspecified atom stereocenters. The smallest absolute Gasteiger partial charge is 0.278 e. The number of nitro groups is 1. The lowest BCUT2D eigenvalue weighted by atomic mass is 10.2. The molecule has 1 aromatic heterocycles. The number of carbonyl (C=O) groups is 1. The molecule has 3 rings (SSSR count). The Kier molecular flexibility index (Phi) is 4.79. The van der Waals surface area contributed by atoms with E-state index in [9.17, 15) is 14.9 Å². The van der Waals surface area contributed by atoms with Crippen molar-refractivity contribution in [2.45, 2.75) is 12.8 Å². The highest BCUT2D eigenvalue weighted by molar-refractivity contribution is 5.86. The van der Waals surface area contributed by atoms with Gasteiger partial charge in [-0.15, -0.1) is 0 Å². The fourth-order valence-corrected chi connectivity index (χ4v) is 2.35. The van der Waals surface area contributed by atoms with Crippen LogP contribution in [0.15, 0.2) is 53.6 Å². The topological polar surface area (TPSA) is 113 Å². The van der Waals surface area contributed by atoms with Crippen molar-refractivity contribution in [1.29, 1.82) is 0 Å². The SMILES string of the molecule is O=C(CCc1nc2ccccc2[nH]1)N/N=C\c1ccccc1[N+](=O)[O-]. The highest BCUT2D eigenvalue weighted by Crippen LogP contribution is 2.15. The summed E-state index contributed by atoms with van der Waals surface area (Å²) in [6.07, 6.45) is 1.91. The van der Waals surface area contributed by atoms with Crippen LogP contribution in [0.3, 0.4) is 0 Å². The zero-order valence-corrected chi connectivity index (χ0v) is 13.2. The van der Waals surface area contributed by atoms with Crippen molar-refractivity contribution in [1.82, 2.24) is 15.4 Å². The summed E-state index contributed by atoms with van der Waals surface area (Å²) >= 11 is 0. The molecule has 0 radical (unpaired) electrons. The lowest BCUT2D eigenvalue weighted by Gasteiger charge is -1.99. The number of hydrogen-bond donors (Lipinski definition) is 2. The Morgan fingerprint density at radius 1 is 1.24 bits per heavy atom. The van der Waals surface area contributed by atoms with Gasteiger partial charge in [-0.2, -0.15) is 5.10 Å². The summed E-state index contributed by atoms with van der Waals surface area (Å²) in [5, 5.41) is 14.7. The number of aryl methyl sites for hydroxylation is 1. The average Bonchev–Trinajstić information content (AvgIpc) is 3.03. The third-order valence-corrected chi connectivity index (χ3v) is 3.55. The number of nitro benzene ring substituents is 1. The number of nitrogens with zero attached hydrogens (tertiary/aromatic N) is 3. The Balaban J connectivity index is 1.55. The van der Waals surface area contributed by atoms with E-state index in [0.29, 0.717) is 12.0 Å². The second kappa shape index (κ2) is 7.35. The van der Waals surface area contributed by atoms with E-state index < -0.39 is 4.92 Å². The Morgan fingerprint density at radius 3 is 2.80 bits per heavy atom. The van der Waals surface area contributed by atoms with Gasteiger partial charge in [0, 0.05) is 18.9 Å². The number of para-hydroxylation sites is 3. The minimum atomic E-state index is -0.495. The molecule has 2 N–H and O–H groups in total. The molecule has 126 valence electrons. The predicted molar refractivity (Wildman–Crippen MR) is 93.2 cm³/mol. The zero-order chi connectivity index (χ0) is 17.6. The highest BCUT2D eigenvalue weighted by atomic mass is 16.6. The molecule has 8 heteroatoms. The van der Waals surface area contributed by atoms with Gasteiger partial charge in [0.2, 0.25) is 5.91 Å². The zero-order valence-electron chi connectivity index (χ0n) is 13.2. The number of H-pyrrole nitrogens is 1. The maximum atomic E-state index is 11.8. The summed E-state index contributed by atoms with van der Waals surface area (Å²) in [7, 11) is 0. The molecule has 3 aromatic rings. The summed E-state index contributed by atoms with van der Waals surface area (Å²) in [6.45, 7) is 0. The number of hydrogen-bond acceptors (Lipinski definition) is 5. The summed E-state index contributed by atoms with van der Waals surface area (Å²) < 4.78 is 0. The van der Waals surface area contributed by atoms with E-state index >= 15 is 0 Å². The van der Waals surface area contributed by atoms with Crippen molar-refractivity contribution in [3.8, 4) is 0 Å². The first-order valence-electron chi connectivity index (χ1n) is 7.62. The van der Waals surface area contributed by atoms with Crippen LogP contribution in [-0.4, -0.2) is 27.0 Å². The van der Waals surface area contributed by atoms with Crippen molar-refractivity contribution in [3.05, 3.63) is 70.0 Å². The van der Waals surface area contributed by atoms with Gasteiger partial charge in [-0.3, -0.25) is 14.9 Å². The van der Waals surface area contributed by atoms with Gasteiger partial charge in [0.05, 0.1) is 27.7 Å². The molecule has 0 fully saturated rings. The fourth-order valence-electron chi connectivity index (χ4n) is 2.35. The highest BCUT2D eigenvalue weighted by Gasteiger charge is 2.10. The van der Waals surface area contributed by atoms with Gasteiger partial charge in [-0.05, 0) is 18.2 Å². The van der Waals surface area contributed by atoms with Crippen LogP contribution in [0.2, 0.25) is 0 Å². The number of fused-ring (bicyclic) bond motifs is 1. The largest absolute Gasteiger partial charge is 0.342 e. The number of carbonyl (C=O) groups excluding carboxylic acids is 1. The van der Waals surface area contributed by atoms with Crippen molar-refractivity contribution in [2.75, 3.05) is 0 Å². The van der Waals surface area contributed by atoms with Gasteiger partial charge in [-0.1, -0.05) is 24.3 Å². The van der Waals surface area contributed by atoms with Crippen LogP contribution in [0.25, 0.3) is 11.0 Å². The predicted octanol–water partition coefficient (Wildman–Crippen LogP) is 2.55. The number of aromatic nitrogens is 2. The number of amides is 1. The number of nitrogens with one attached hydrogen (secondary N) is 2. The van der Waals surface area contributed by atoms with E-state index in [1.165, 1.54) is 12.3 Å². The van der Waals surface area contributed by atoms with Gasteiger partial charge in [0.1, 0.15) is 5.82 Å². The van der Waals surface area contributed by atoms with E-state index in [1.807, 2.05) is 24.3 Å². The minimum Gasteiger partial charge on any atom is -0.342 e. The molecule has 1 amide bonds. The van der Waals surface area contributed by atoms with E-state index in [0.717, 1.165) is 16.9 Å². The third kappa shape index (κ3) is 4.05. The van der Waals surface area contributed by atoms with Gasteiger partial charge >= 0.3 is 0 Å². The molecule has 0 saturated heterocycles. The second-order valence-electron chi connectivity index (χ2n) is 5.31. The molecule has 0 saturated carbocycles. The molecule has 0 spiro atoms. The number of rotatable bonds is 6. The molecule has 0 aliphatic rings. The number of hydrazone groups is 1. The van der Waals surface area contributed by atoms with Crippen LogP contribution in [0.5, 0.6) is 0 Å². The van der Waals surface area contributed by atoms with Gasteiger partial charge in [-0.25, -0.2) is 10.4 Å². The molecule has 0 aliphatic heterocycles. The first kappa shape index (κ1) is 16.3. The number of imidazole rings is 1. The van der Waals surface area contributed by atoms with Crippen LogP contribution >= 0.6 is 0 Å². The Hall–Kier alpha value is -3.55. The summed E-state index contributed by atoms with van der Waals surface area (Å²) in [6, 6.07) is 13.8. The molecule has 2 aromatic carbocycles. The van der Waals surface area contributed by atoms with Crippen LogP contribution in [0.4, 0.5) is 5.69 Å². The van der Waals surface area contributed by atoms with Crippen LogP contribution in [0.1, 0.15) is 17.8 Å². The lowest BCUT2D eigenvalue weighted by Crippen LogP contribution is -2.18. The van der Waals surface area contributed by atoms with Crippen LogP contribution < -0.4 is 5.43 Å². The third-order valence-electron chi connectivity index (χ3n) is 3.55. The van der Waals surface area contributed by atoms with E-state index in [1.54, 1.807) is 18.2 Å². The molecular formula is C17H15N5O3. The Bertz CT molecular complexity index is 915. The first-order valence-corrected chi connectivity index (χ1v) is 7.62. The average molecular weight is 337 g/mol. The Morgan fingerprint density at radius 2 is 2.00 bits per heavy atom.